The fraction of sp³-hybridized carbons (Fsp3) is 0.0952. The molecule has 0 N–H and O–H groups in total. The lowest BCUT2D eigenvalue weighted by molar-refractivity contribution is 0.377. The van der Waals surface area contributed by atoms with Crippen LogP contribution in [0.4, 0.5) is 4.39 Å². The highest BCUT2D eigenvalue weighted by Crippen LogP contribution is 2.41. The Morgan fingerprint density at radius 3 is 2.37 bits per heavy atom. The SMILES string of the molecule is COc1ccc(F)c(-c2cccc(Oc3c(Br)cccc3OC)c2C#N)c1. The minimum atomic E-state index is -0.456. The lowest BCUT2D eigenvalue weighted by atomic mass is 9.99. The molecule has 0 saturated carbocycles. The van der Waals surface area contributed by atoms with Crippen molar-refractivity contribution in [3.05, 3.63) is 70.5 Å². The summed E-state index contributed by atoms with van der Waals surface area (Å²) >= 11 is 3.42. The van der Waals surface area contributed by atoms with E-state index >= 15 is 0 Å². The summed E-state index contributed by atoms with van der Waals surface area (Å²) in [5, 5.41) is 9.73. The van der Waals surface area contributed by atoms with Crippen molar-refractivity contribution in [3.8, 4) is 40.2 Å². The molecule has 4 nitrogen and oxygen atoms in total. The van der Waals surface area contributed by atoms with E-state index in [2.05, 4.69) is 22.0 Å². The summed E-state index contributed by atoms with van der Waals surface area (Å²) in [6.07, 6.45) is 0. The maximum atomic E-state index is 14.4. The van der Waals surface area contributed by atoms with Gasteiger partial charge in [0.05, 0.1) is 18.7 Å². The van der Waals surface area contributed by atoms with E-state index in [-0.39, 0.29) is 11.1 Å². The zero-order valence-electron chi connectivity index (χ0n) is 14.6. The van der Waals surface area contributed by atoms with Crippen molar-refractivity contribution >= 4 is 15.9 Å². The molecule has 0 aliphatic rings. The van der Waals surface area contributed by atoms with Gasteiger partial charge in [0.2, 0.25) is 0 Å². The molecule has 3 aromatic carbocycles. The van der Waals surface area contributed by atoms with Crippen molar-refractivity contribution in [2.24, 2.45) is 0 Å². The molecule has 0 saturated heterocycles. The normalized spacial score (nSPS) is 10.2. The third-order valence-electron chi connectivity index (χ3n) is 3.96. The van der Waals surface area contributed by atoms with Gasteiger partial charge in [-0.3, -0.25) is 0 Å². The van der Waals surface area contributed by atoms with E-state index in [1.165, 1.54) is 26.4 Å². The van der Waals surface area contributed by atoms with E-state index in [1.54, 1.807) is 36.4 Å². The van der Waals surface area contributed by atoms with E-state index < -0.39 is 5.82 Å². The minimum Gasteiger partial charge on any atom is -0.497 e. The van der Waals surface area contributed by atoms with Crippen LogP contribution < -0.4 is 14.2 Å². The standard InChI is InChI=1S/C21H15BrFNO3/c1-25-13-9-10-18(23)15(11-13)14-5-3-7-19(16(14)12-24)27-21-17(22)6-4-8-20(21)26-2/h3-11H,1-2H3. The molecule has 6 heteroatoms. The zero-order chi connectivity index (χ0) is 19.4. The Hall–Kier alpha value is -3.04. The first-order valence-corrected chi connectivity index (χ1v) is 8.75. The van der Waals surface area contributed by atoms with Crippen LogP contribution in [0.15, 0.2) is 59.1 Å². The van der Waals surface area contributed by atoms with Crippen molar-refractivity contribution in [2.75, 3.05) is 14.2 Å². The lowest BCUT2D eigenvalue weighted by Gasteiger charge is -2.15. The molecule has 0 amide bonds. The first-order valence-electron chi connectivity index (χ1n) is 7.96. The van der Waals surface area contributed by atoms with Crippen LogP contribution in [0.5, 0.6) is 23.0 Å². The van der Waals surface area contributed by atoms with Gasteiger partial charge >= 0.3 is 0 Å². The van der Waals surface area contributed by atoms with Crippen molar-refractivity contribution in [2.45, 2.75) is 0 Å². The highest BCUT2D eigenvalue weighted by molar-refractivity contribution is 9.10. The van der Waals surface area contributed by atoms with Crippen LogP contribution in [0.3, 0.4) is 0 Å². The maximum absolute atomic E-state index is 14.4. The van der Waals surface area contributed by atoms with Crippen LogP contribution >= 0.6 is 15.9 Å². The third-order valence-corrected chi connectivity index (χ3v) is 4.59. The Labute approximate surface area is 164 Å². The Morgan fingerprint density at radius 2 is 1.67 bits per heavy atom. The molecule has 3 aromatic rings. The van der Waals surface area contributed by atoms with E-state index in [0.717, 1.165) is 0 Å². The first-order chi connectivity index (χ1) is 13.1. The quantitative estimate of drug-likeness (QED) is 0.505. The fourth-order valence-corrected chi connectivity index (χ4v) is 3.08. The molecule has 0 aliphatic carbocycles. The summed E-state index contributed by atoms with van der Waals surface area (Å²) in [7, 11) is 3.03. The molecule has 0 spiro atoms. The predicted octanol–water partition coefficient (Wildman–Crippen LogP) is 5.94. The predicted molar refractivity (Wildman–Crippen MR) is 104 cm³/mol. The van der Waals surface area contributed by atoms with Crippen LogP contribution in [-0.2, 0) is 0 Å². The summed E-state index contributed by atoms with van der Waals surface area (Å²) < 4.78 is 31.5. The van der Waals surface area contributed by atoms with Gasteiger partial charge in [-0.05, 0) is 52.3 Å². The highest BCUT2D eigenvalue weighted by Gasteiger charge is 2.18. The molecule has 0 unspecified atom stereocenters. The van der Waals surface area contributed by atoms with Gasteiger partial charge in [-0.25, -0.2) is 4.39 Å². The van der Waals surface area contributed by atoms with Crippen molar-refractivity contribution < 1.29 is 18.6 Å². The molecule has 0 bridgehead atoms. The number of benzene rings is 3. The topological polar surface area (TPSA) is 51.5 Å². The lowest BCUT2D eigenvalue weighted by Crippen LogP contribution is -1.96. The van der Waals surface area contributed by atoms with Gasteiger partial charge in [-0.2, -0.15) is 5.26 Å². The Morgan fingerprint density at radius 1 is 0.926 bits per heavy atom. The second kappa shape index (κ2) is 8.11. The summed E-state index contributed by atoms with van der Waals surface area (Å²) in [5.74, 6) is 1.27. The van der Waals surface area contributed by atoms with Crippen molar-refractivity contribution in [1.82, 2.24) is 0 Å². The minimum absolute atomic E-state index is 0.211. The van der Waals surface area contributed by atoms with Crippen LogP contribution in [0.1, 0.15) is 5.56 Å². The van der Waals surface area contributed by atoms with Gasteiger partial charge in [0.15, 0.2) is 11.5 Å². The highest BCUT2D eigenvalue weighted by atomic mass is 79.9. The van der Waals surface area contributed by atoms with Gasteiger partial charge in [-0.15, -0.1) is 0 Å². The number of hydrogen-bond donors (Lipinski definition) is 0. The number of ether oxygens (including phenoxy) is 3. The molecule has 0 heterocycles. The number of rotatable bonds is 5. The molecule has 27 heavy (non-hydrogen) atoms. The number of halogens is 2. The number of nitrogens with zero attached hydrogens (tertiary/aromatic N) is 1. The second-order valence-electron chi connectivity index (χ2n) is 5.51. The Balaban J connectivity index is 2.14. The monoisotopic (exact) mass is 427 g/mol. The average molecular weight is 428 g/mol. The largest absolute Gasteiger partial charge is 0.497 e. The number of methoxy groups -OCH3 is 2. The third kappa shape index (κ3) is 3.74. The summed E-state index contributed by atoms with van der Waals surface area (Å²) in [6, 6.07) is 16.9. The second-order valence-corrected chi connectivity index (χ2v) is 6.36. The molecular weight excluding hydrogens is 413 g/mol. The van der Waals surface area contributed by atoms with Gasteiger partial charge < -0.3 is 14.2 Å². The maximum Gasteiger partial charge on any atom is 0.183 e. The molecule has 0 radical (unpaired) electrons. The van der Waals surface area contributed by atoms with Crippen molar-refractivity contribution in [1.29, 1.82) is 5.26 Å². The summed E-state index contributed by atoms with van der Waals surface area (Å²) in [4.78, 5) is 0. The molecule has 0 atom stereocenters. The molecule has 0 fully saturated rings. The molecule has 136 valence electrons. The average Bonchev–Trinajstić information content (AvgIpc) is 2.69. The smallest absolute Gasteiger partial charge is 0.183 e. The molecule has 0 aromatic heterocycles. The summed E-state index contributed by atoms with van der Waals surface area (Å²) in [5.41, 5.74) is 0.885. The number of hydrogen-bond acceptors (Lipinski definition) is 4. The van der Waals surface area contributed by atoms with Gasteiger partial charge in [0, 0.05) is 11.1 Å². The van der Waals surface area contributed by atoms with Crippen LogP contribution in [-0.4, -0.2) is 14.2 Å². The number of nitriles is 1. The van der Waals surface area contributed by atoms with Crippen LogP contribution in [0.25, 0.3) is 11.1 Å². The van der Waals surface area contributed by atoms with E-state index in [4.69, 9.17) is 14.2 Å². The molecule has 3 rings (SSSR count). The Bertz CT molecular complexity index is 1030. The van der Waals surface area contributed by atoms with Gasteiger partial charge in [0.25, 0.3) is 0 Å². The molecule has 0 aliphatic heterocycles. The fourth-order valence-electron chi connectivity index (χ4n) is 2.65. The number of para-hydroxylation sites is 1. The van der Waals surface area contributed by atoms with Crippen LogP contribution in [0, 0.1) is 17.1 Å². The van der Waals surface area contributed by atoms with Gasteiger partial charge in [0.1, 0.15) is 28.9 Å². The van der Waals surface area contributed by atoms with E-state index in [0.29, 0.717) is 33.0 Å². The van der Waals surface area contributed by atoms with E-state index in [9.17, 15) is 9.65 Å². The Kier molecular flexibility index (Phi) is 5.63. The van der Waals surface area contributed by atoms with Gasteiger partial charge in [-0.1, -0.05) is 18.2 Å². The van der Waals surface area contributed by atoms with Crippen LogP contribution in [0.2, 0.25) is 0 Å². The first kappa shape index (κ1) is 18.7. The summed E-state index contributed by atoms with van der Waals surface area (Å²) in [6.45, 7) is 0. The van der Waals surface area contributed by atoms with Crippen molar-refractivity contribution in [3.63, 3.8) is 0 Å². The zero-order valence-corrected chi connectivity index (χ0v) is 16.2. The van der Waals surface area contributed by atoms with E-state index in [1.807, 2.05) is 6.07 Å². The molecular formula is C21H15BrFNO3.